The molecule has 1 saturated carbocycles. The first kappa shape index (κ1) is 12.3. The summed E-state index contributed by atoms with van der Waals surface area (Å²) in [5, 5.41) is 3.07. The number of amides is 1. The van der Waals surface area contributed by atoms with Gasteiger partial charge in [0, 0.05) is 11.0 Å². The fourth-order valence-electron chi connectivity index (χ4n) is 2.19. The van der Waals surface area contributed by atoms with Crippen LogP contribution >= 0.6 is 0 Å². The van der Waals surface area contributed by atoms with Crippen LogP contribution in [0.25, 0.3) is 0 Å². The van der Waals surface area contributed by atoms with Crippen molar-refractivity contribution in [2.24, 2.45) is 11.3 Å². The molecule has 0 aliphatic heterocycles. The molecule has 0 aromatic rings. The van der Waals surface area contributed by atoms with E-state index in [4.69, 9.17) is 0 Å². The molecule has 0 aromatic carbocycles. The molecule has 0 saturated heterocycles. The third-order valence-electron chi connectivity index (χ3n) is 3.15. The van der Waals surface area contributed by atoms with Gasteiger partial charge < -0.3 is 5.32 Å². The first-order valence-electron chi connectivity index (χ1n) is 5.72. The summed E-state index contributed by atoms with van der Waals surface area (Å²) in [6.07, 6.45) is 5.00. The summed E-state index contributed by atoms with van der Waals surface area (Å²) in [5.41, 5.74) is -0.321. The predicted octanol–water partition coefficient (Wildman–Crippen LogP) is 2.89. The van der Waals surface area contributed by atoms with Gasteiger partial charge in [0.25, 0.3) is 0 Å². The smallest absolute Gasteiger partial charge is 0.226 e. The first-order chi connectivity index (χ1) is 6.77. The molecule has 0 heterocycles. The van der Waals surface area contributed by atoms with Crippen molar-refractivity contribution in [3.63, 3.8) is 0 Å². The number of hydrogen-bond donors (Lipinski definition) is 1. The zero-order valence-electron chi connectivity index (χ0n) is 10.4. The van der Waals surface area contributed by atoms with Crippen LogP contribution in [0.15, 0.2) is 12.7 Å². The van der Waals surface area contributed by atoms with Gasteiger partial charge in [-0.15, -0.1) is 6.58 Å². The Morgan fingerprint density at radius 2 is 2.13 bits per heavy atom. The molecule has 0 radical (unpaired) electrons. The van der Waals surface area contributed by atoms with E-state index in [0.717, 1.165) is 19.3 Å². The highest BCUT2D eigenvalue weighted by Crippen LogP contribution is 2.42. The lowest BCUT2D eigenvalue weighted by atomic mass is 9.85. The second-order valence-electron chi connectivity index (χ2n) is 6.00. The Balaban J connectivity index is 2.64. The Kier molecular flexibility index (Phi) is 3.27. The molecule has 1 rings (SSSR count). The zero-order valence-corrected chi connectivity index (χ0v) is 10.4. The van der Waals surface area contributed by atoms with Gasteiger partial charge in [0.1, 0.15) is 0 Å². The van der Waals surface area contributed by atoms with E-state index in [1.165, 1.54) is 0 Å². The van der Waals surface area contributed by atoms with Gasteiger partial charge in [-0.2, -0.15) is 0 Å². The third-order valence-corrected chi connectivity index (χ3v) is 3.15. The van der Waals surface area contributed by atoms with Gasteiger partial charge in [0.15, 0.2) is 0 Å². The van der Waals surface area contributed by atoms with Crippen molar-refractivity contribution in [1.82, 2.24) is 5.32 Å². The Hall–Kier alpha value is -0.790. The van der Waals surface area contributed by atoms with E-state index in [1.54, 1.807) is 0 Å². The van der Waals surface area contributed by atoms with E-state index in [1.807, 2.05) is 26.8 Å². The van der Waals surface area contributed by atoms with Crippen LogP contribution in [0.2, 0.25) is 0 Å². The van der Waals surface area contributed by atoms with Crippen LogP contribution in [0.5, 0.6) is 0 Å². The van der Waals surface area contributed by atoms with Gasteiger partial charge in [-0.05, 0) is 46.0 Å². The van der Waals surface area contributed by atoms with Gasteiger partial charge in [-0.25, -0.2) is 0 Å². The fourth-order valence-corrected chi connectivity index (χ4v) is 2.19. The highest BCUT2D eigenvalue weighted by Gasteiger charge is 2.41. The number of allylic oxidation sites excluding steroid dienone is 1. The second kappa shape index (κ2) is 3.99. The monoisotopic (exact) mass is 209 g/mol. The Bertz CT molecular complexity index is 264. The molecule has 0 aromatic heterocycles. The molecule has 0 bridgehead atoms. The van der Waals surface area contributed by atoms with E-state index in [0.29, 0.717) is 5.92 Å². The Morgan fingerprint density at radius 1 is 1.53 bits per heavy atom. The summed E-state index contributed by atoms with van der Waals surface area (Å²) < 4.78 is 0. The Morgan fingerprint density at radius 3 is 2.53 bits per heavy atom. The van der Waals surface area contributed by atoms with E-state index in [-0.39, 0.29) is 16.9 Å². The lowest BCUT2D eigenvalue weighted by Crippen LogP contribution is -2.47. The molecule has 2 heteroatoms. The molecule has 1 aliphatic carbocycles. The molecule has 1 fully saturated rings. The normalized spacial score (nSPS) is 31.3. The molecule has 2 nitrogen and oxygen atoms in total. The van der Waals surface area contributed by atoms with Gasteiger partial charge in [0.2, 0.25) is 5.91 Å². The Labute approximate surface area is 93.1 Å². The number of carbonyl (C=O) groups is 1. The van der Waals surface area contributed by atoms with Crippen LogP contribution in [-0.4, -0.2) is 11.4 Å². The summed E-state index contributed by atoms with van der Waals surface area (Å²) in [6.45, 7) is 11.9. The topological polar surface area (TPSA) is 29.1 Å². The molecule has 1 amide bonds. The number of rotatable bonds is 2. The molecule has 2 atom stereocenters. The fraction of sp³-hybridized carbons (Fsp3) is 0.769. The standard InChI is InChI=1S/C13H23NO/c1-6-10-7-8-13(5,9-10)11(15)14-12(2,3)4/h6,10H,1,7-9H2,2-5H3,(H,14,15). The predicted molar refractivity (Wildman–Crippen MR) is 63.5 cm³/mol. The molecule has 2 unspecified atom stereocenters. The quantitative estimate of drug-likeness (QED) is 0.696. The molecule has 1 N–H and O–H groups in total. The zero-order chi connectivity index (χ0) is 11.7. The molecular formula is C13H23NO. The van der Waals surface area contributed by atoms with Crippen molar-refractivity contribution in [2.45, 2.75) is 52.5 Å². The second-order valence-corrected chi connectivity index (χ2v) is 6.00. The van der Waals surface area contributed by atoms with Gasteiger partial charge in [0.05, 0.1) is 0 Å². The van der Waals surface area contributed by atoms with E-state index in [2.05, 4.69) is 18.8 Å². The van der Waals surface area contributed by atoms with Crippen molar-refractivity contribution in [3.05, 3.63) is 12.7 Å². The van der Waals surface area contributed by atoms with Gasteiger partial charge in [-0.1, -0.05) is 13.0 Å². The van der Waals surface area contributed by atoms with Gasteiger partial charge >= 0.3 is 0 Å². The van der Waals surface area contributed by atoms with Crippen LogP contribution in [0.3, 0.4) is 0 Å². The number of nitrogens with one attached hydrogen (secondary N) is 1. The largest absolute Gasteiger partial charge is 0.351 e. The summed E-state index contributed by atoms with van der Waals surface area (Å²) in [6, 6.07) is 0. The maximum Gasteiger partial charge on any atom is 0.226 e. The minimum absolute atomic E-state index is 0.133. The lowest BCUT2D eigenvalue weighted by Gasteiger charge is -2.29. The average molecular weight is 209 g/mol. The third kappa shape index (κ3) is 3.08. The summed E-state index contributed by atoms with van der Waals surface area (Å²) in [4.78, 5) is 12.1. The van der Waals surface area contributed by atoms with Crippen molar-refractivity contribution >= 4 is 5.91 Å². The number of hydrogen-bond acceptors (Lipinski definition) is 1. The maximum atomic E-state index is 12.1. The highest BCUT2D eigenvalue weighted by molar-refractivity contribution is 5.83. The number of carbonyl (C=O) groups excluding carboxylic acids is 1. The van der Waals surface area contributed by atoms with Gasteiger partial charge in [-0.3, -0.25) is 4.79 Å². The minimum atomic E-state index is -0.188. The molecule has 0 spiro atoms. The van der Waals surface area contributed by atoms with Crippen molar-refractivity contribution in [2.75, 3.05) is 0 Å². The average Bonchev–Trinajstić information content (AvgIpc) is 2.46. The summed E-state index contributed by atoms with van der Waals surface area (Å²) >= 11 is 0. The van der Waals surface area contributed by atoms with Crippen LogP contribution in [-0.2, 0) is 4.79 Å². The van der Waals surface area contributed by atoms with E-state index in [9.17, 15) is 4.79 Å². The van der Waals surface area contributed by atoms with Crippen LogP contribution in [0.1, 0.15) is 47.0 Å². The molecule has 1 aliphatic rings. The van der Waals surface area contributed by atoms with Crippen molar-refractivity contribution < 1.29 is 4.79 Å². The van der Waals surface area contributed by atoms with Crippen molar-refractivity contribution in [1.29, 1.82) is 0 Å². The molecular weight excluding hydrogens is 186 g/mol. The summed E-state index contributed by atoms with van der Waals surface area (Å²) in [5.74, 6) is 0.708. The molecule has 15 heavy (non-hydrogen) atoms. The highest BCUT2D eigenvalue weighted by atomic mass is 16.2. The van der Waals surface area contributed by atoms with Crippen LogP contribution in [0, 0.1) is 11.3 Å². The van der Waals surface area contributed by atoms with Crippen LogP contribution in [0.4, 0.5) is 0 Å². The SMILES string of the molecule is C=CC1CCC(C)(C(=O)NC(C)(C)C)C1. The van der Waals surface area contributed by atoms with Crippen molar-refractivity contribution in [3.8, 4) is 0 Å². The minimum Gasteiger partial charge on any atom is -0.351 e. The van der Waals surface area contributed by atoms with E-state index < -0.39 is 0 Å². The lowest BCUT2D eigenvalue weighted by molar-refractivity contribution is -0.131. The maximum absolute atomic E-state index is 12.1. The summed E-state index contributed by atoms with van der Waals surface area (Å²) in [7, 11) is 0. The van der Waals surface area contributed by atoms with Crippen LogP contribution < -0.4 is 5.32 Å². The van der Waals surface area contributed by atoms with E-state index >= 15 is 0 Å². The first-order valence-corrected chi connectivity index (χ1v) is 5.72. The molecule has 86 valence electrons.